The number of nitrogens with one attached hydrogen (secondary N) is 3. The molecule has 0 saturated carbocycles. The second-order valence-electron chi connectivity index (χ2n) is 5.74. The molecule has 0 saturated heterocycles. The topological polar surface area (TPSA) is 45.3 Å². The fraction of sp³-hybridized carbons (Fsp3) is 0.150. The molecule has 0 aromatic heterocycles. The first kappa shape index (κ1) is 18.8. The van der Waals surface area contributed by atoms with E-state index in [0.717, 1.165) is 5.69 Å². The molecule has 0 aliphatic heterocycles. The zero-order valence-corrected chi connectivity index (χ0v) is 15.2. The van der Waals surface area contributed by atoms with Crippen LogP contribution < -0.4 is 20.7 Å². The first-order valence-electron chi connectivity index (χ1n) is 8.43. The van der Waals surface area contributed by atoms with Gasteiger partial charge in [-0.1, -0.05) is 36.4 Å². The van der Waals surface area contributed by atoms with E-state index in [9.17, 15) is 8.78 Å². The Morgan fingerprint density at radius 3 is 2.44 bits per heavy atom. The molecule has 3 aromatic carbocycles. The molecular weight excluding hydrogens is 368 g/mol. The Morgan fingerprint density at radius 1 is 0.926 bits per heavy atom. The molecule has 140 valence electrons. The maximum atomic E-state index is 12.1. The maximum Gasteiger partial charge on any atom is 0.387 e. The average Bonchev–Trinajstić information content (AvgIpc) is 2.66. The monoisotopic (exact) mass is 387 g/mol. The Balaban J connectivity index is 1.44. The SMILES string of the molecule is FC(F)Oc1ccc(NC(=S)NCCNc2cccc3ccccc23)cc1. The minimum Gasteiger partial charge on any atom is -0.435 e. The van der Waals surface area contributed by atoms with Crippen LogP contribution in [0.25, 0.3) is 10.8 Å². The Kier molecular flexibility index (Phi) is 6.38. The lowest BCUT2D eigenvalue weighted by molar-refractivity contribution is -0.0498. The Bertz CT molecular complexity index is 898. The maximum absolute atomic E-state index is 12.1. The minimum atomic E-state index is -2.83. The van der Waals surface area contributed by atoms with Crippen LogP contribution >= 0.6 is 12.2 Å². The van der Waals surface area contributed by atoms with Gasteiger partial charge in [0.1, 0.15) is 5.75 Å². The molecule has 3 rings (SSSR count). The molecule has 0 aliphatic carbocycles. The molecule has 0 radical (unpaired) electrons. The van der Waals surface area contributed by atoms with Gasteiger partial charge in [-0.3, -0.25) is 0 Å². The highest BCUT2D eigenvalue weighted by molar-refractivity contribution is 7.80. The molecule has 0 bridgehead atoms. The van der Waals surface area contributed by atoms with Gasteiger partial charge < -0.3 is 20.7 Å². The van der Waals surface area contributed by atoms with Crippen molar-refractivity contribution in [1.82, 2.24) is 5.32 Å². The molecule has 27 heavy (non-hydrogen) atoms. The number of alkyl halides is 2. The highest BCUT2D eigenvalue weighted by Gasteiger charge is 2.04. The van der Waals surface area contributed by atoms with E-state index in [1.165, 1.54) is 22.9 Å². The summed E-state index contributed by atoms with van der Waals surface area (Å²) in [6.07, 6.45) is 0. The van der Waals surface area contributed by atoms with Crippen LogP contribution in [0, 0.1) is 0 Å². The van der Waals surface area contributed by atoms with Crippen LogP contribution in [0.4, 0.5) is 20.2 Å². The smallest absolute Gasteiger partial charge is 0.387 e. The van der Waals surface area contributed by atoms with E-state index in [1.807, 2.05) is 24.3 Å². The molecule has 0 amide bonds. The van der Waals surface area contributed by atoms with Gasteiger partial charge in [-0.15, -0.1) is 0 Å². The lowest BCUT2D eigenvalue weighted by Gasteiger charge is -2.13. The van der Waals surface area contributed by atoms with Crippen LogP contribution in [-0.4, -0.2) is 24.8 Å². The van der Waals surface area contributed by atoms with Crippen molar-refractivity contribution in [3.8, 4) is 5.75 Å². The van der Waals surface area contributed by atoms with Crippen molar-refractivity contribution < 1.29 is 13.5 Å². The molecule has 0 spiro atoms. The summed E-state index contributed by atoms with van der Waals surface area (Å²) in [5.74, 6) is 0.105. The largest absolute Gasteiger partial charge is 0.435 e. The van der Waals surface area contributed by atoms with Gasteiger partial charge in [-0.05, 0) is 47.9 Å². The number of rotatable bonds is 7. The Morgan fingerprint density at radius 2 is 1.67 bits per heavy atom. The van der Waals surface area contributed by atoms with Crippen LogP contribution in [0.1, 0.15) is 0 Å². The summed E-state index contributed by atoms with van der Waals surface area (Å²) < 4.78 is 28.6. The van der Waals surface area contributed by atoms with Crippen LogP contribution in [0.3, 0.4) is 0 Å². The third-order valence-corrected chi connectivity index (χ3v) is 4.10. The number of halogens is 2. The summed E-state index contributed by atoms with van der Waals surface area (Å²) >= 11 is 5.24. The van der Waals surface area contributed by atoms with Gasteiger partial charge >= 0.3 is 6.61 Å². The normalized spacial score (nSPS) is 10.6. The van der Waals surface area contributed by atoms with Crippen molar-refractivity contribution >= 4 is 39.5 Å². The summed E-state index contributed by atoms with van der Waals surface area (Å²) in [4.78, 5) is 0. The number of hydrogen-bond donors (Lipinski definition) is 3. The minimum absolute atomic E-state index is 0.105. The van der Waals surface area contributed by atoms with Gasteiger partial charge in [0.05, 0.1) is 0 Å². The molecule has 3 N–H and O–H groups in total. The number of fused-ring (bicyclic) bond motifs is 1. The highest BCUT2D eigenvalue weighted by Crippen LogP contribution is 2.22. The lowest BCUT2D eigenvalue weighted by atomic mass is 10.1. The van der Waals surface area contributed by atoms with Crippen molar-refractivity contribution in [2.75, 3.05) is 23.7 Å². The van der Waals surface area contributed by atoms with Crippen LogP contribution in [-0.2, 0) is 0 Å². The zero-order chi connectivity index (χ0) is 19.1. The number of benzene rings is 3. The van der Waals surface area contributed by atoms with Crippen molar-refractivity contribution in [3.05, 3.63) is 66.7 Å². The second-order valence-corrected chi connectivity index (χ2v) is 6.15. The first-order chi connectivity index (χ1) is 13.1. The van der Waals surface area contributed by atoms with Crippen LogP contribution in [0.2, 0.25) is 0 Å². The third-order valence-electron chi connectivity index (χ3n) is 3.85. The van der Waals surface area contributed by atoms with Gasteiger partial charge in [0.25, 0.3) is 0 Å². The van der Waals surface area contributed by atoms with Crippen LogP contribution in [0.5, 0.6) is 5.75 Å². The van der Waals surface area contributed by atoms with Crippen molar-refractivity contribution in [2.24, 2.45) is 0 Å². The quantitative estimate of drug-likeness (QED) is 0.400. The molecule has 7 heteroatoms. The van der Waals surface area contributed by atoms with E-state index < -0.39 is 6.61 Å². The van der Waals surface area contributed by atoms with Crippen LogP contribution in [0.15, 0.2) is 66.7 Å². The van der Waals surface area contributed by atoms with Gasteiger partial charge in [-0.25, -0.2) is 0 Å². The molecule has 0 atom stereocenters. The van der Waals surface area contributed by atoms with Gasteiger partial charge in [0, 0.05) is 29.9 Å². The first-order valence-corrected chi connectivity index (χ1v) is 8.84. The van der Waals surface area contributed by atoms with Crippen molar-refractivity contribution in [2.45, 2.75) is 6.61 Å². The molecule has 0 heterocycles. The number of anilines is 2. The summed E-state index contributed by atoms with van der Waals surface area (Å²) in [6.45, 7) is -1.51. The predicted molar refractivity (Wildman–Crippen MR) is 110 cm³/mol. The third kappa shape index (κ3) is 5.52. The summed E-state index contributed by atoms with van der Waals surface area (Å²) in [6, 6.07) is 20.5. The molecule has 0 fully saturated rings. The van der Waals surface area contributed by atoms with E-state index in [2.05, 4.69) is 38.9 Å². The molecule has 0 aliphatic rings. The fourth-order valence-corrected chi connectivity index (χ4v) is 2.87. The Hall–Kier alpha value is -2.93. The molecular formula is C20H19F2N3OS. The number of hydrogen-bond acceptors (Lipinski definition) is 3. The molecule has 3 aromatic rings. The Labute approximate surface area is 161 Å². The average molecular weight is 387 g/mol. The van der Waals surface area contributed by atoms with E-state index in [1.54, 1.807) is 12.1 Å². The van der Waals surface area contributed by atoms with Gasteiger partial charge in [0.15, 0.2) is 5.11 Å². The second kappa shape index (κ2) is 9.14. The molecule has 4 nitrogen and oxygen atoms in total. The van der Waals surface area contributed by atoms with Crippen molar-refractivity contribution in [1.29, 1.82) is 0 Å². The van der Waals surface area contributed by atoms with Crippen molar-refractivity contribution in [3.63, 3.8) is 0 Å². The van der Waals surface area contributed by atoms with E-state index >= 15 is 0 Å². The highest BCUT2D eigenvalue weighted by atomic mass is 32.1. The van der Waals surface area contributed by atoms with E-state index in [4.69, 9.17) is 12.2 Å². The zero-order valence-electron chi connectivity index (χ0n) is 14.4. The number of thiocarbonyl (C=S) groups is 1. The summed E-state index contributed by atoms with van der Waals surface area (Å²) in [5, 5.41) is 12.3. The number of ether oxygens (including phenoxy) is 1. The van der Waals surface area contributed by atoms with E-state index in [0.29, 0.717) is 23.9 Å². The summed E-state index contributed by atoms with van der Waals surface area (Å²) in [5.41, 5.74) is 1.76. The van der Waals surface area contributed by atoms with Gasteiger partial charge in [0.2, 0.25) is 0 Å². The standard InChI is InChI=1S/C20H19F2N3OS/c21-19(22)26-16-10-8-15(9-11-16)25-20(27)24-13-12-23-18-7-3-5-14-4-1-2-6-17(14)18/h1-11,19,23H,12-13H2,(H2,24,25,27). The molecule has 0 unspecified atom stereocenters. The fourth-order valence-electron chi connectivity index (χ4n) is 2.65. The van der Waals surface area contributed by atoms with Gasteiger partial charge in [-0.2, -0.15) is 8.78 Å². The summed E-state index contributed by atoms with van der Waals surface area (Å²) in [7, 11) is 0. The predicted octanol–water partition coefficient (Wildman–Crippen LogP) is 4.84. The lowest BCUT2D eigenvalue weighted by Crippen LogP contribution is -2.32. The van der Waals surface area contributed by atoms with E-state index in [-0.39, 0.29) is 5.75 Å².